The second kappa shape index (κ2) is 5.55. The van der Waals surface area contributed by atoms with Gasteiger partial charge in [0.15, 0.2) is 0 Å². The summed E-state index contributed by atoms with van der Waals surface area (Å²) in [5, 5.41) is 5.15. The van der Waals surface area contributed by atoms with E-state index in [1.54, 1.807) is 11.3 Å². The Bertz CT molecular complexity index is 249. The van der Waals surface area contributed by atoms with E-state index in [1.807, 2.05) is 17.5 Å². The molecule has 4 nitrogen and oxygen atoms in total. The van der Waals surface area contributed by atoms with Crippen molar-refractivity contribution in [2.45, 2.75) is 6.54 Å². The predicted octanol–water partition coefficient (Wildman–Crippen LogP) is 0.933. The number of rotatable bonds is 5. The number of carbonyl (C=O) groups is 1. The number of primary amides is 1. The number of hydrogen-bond donors (Lipinski definition) is 2. The fourth-order valence-electron chi connectivity index (χ4n) is 0.849. The maximum absolute atomic E-state index is 10.2. The fourth-order valence-corrected chi connectivity index (χ4v) is 1.52. The lowest BCUT2D eigenvalue weighted by molar-refractivity contribution is 0.157. The average Bonchev–Trinajstić information content (AvgIpc) is 2.55. The van der Waals surface area contributed by atoms with Gasteiger partial charge < -0.3 is 15.8 Å². The van der Waals surface area contributed by atoms with Crippen LogP contribution in [0.3, 0.4) is 0 Å². The molecular weight excluding hydrogens is 188 g/mol. The minimum absolute atomic E-state index is 0.320. The monoisotopic (exact) mass is 200 g/mol. The number of ether oxygens (including phenoxy) is 1. The molecule has 0 aliphatic heterocycles. The van der Waals surface area contributed by atoms with E-state index < -0.39 is 6.09 Å². The van der Waals surface area contributed by atoms with E-state index in [0.29, 0.717) is 13.2 Å². The summed E-state index contributed by atoms with van der Waals surface area (Å²) in [6.45, 7) is 1.75. The van der Waals surface area contributed by atoms with Crippen molar-refractivity contribution in [2.75, 3.05) is 13.2 Å². The van der Waals surface area contributed by atoms with Gasteiger partial charge in [0, 0.05) is 18.0 Å². The van der Waals surface area contributed by atoms with Crippen LogP contribution < -0.4 is 11.1 Å². The largest absolute Gasteiger partial charge is 0.448 e. The lowest BCUT2D eigenvalue weighted by atomic mass is 10.4. The third-order valence-electron chi connectivity index (χ3n) is 1.40. The van der Waals surface area contributed by atoms with Gasteiger partial charge in [0.25, 0.3) is 0 Å². The Morgan fingerprint density at radius 3 is 3.15 bits per heavy atom. The number of thiophene rings is 1. The van der Waals surface area contributed by atoms with E-state index in [4.69, 9.17) is 5.73 Å². The number of carbonyl (C=O) groups excluding carboxylic acids is 1. The molecule has 0 atom stereocenters. The summed E-state index contributed by atoms with van der Waals surface area (Å²) in [7, 11) is 0. The van der Waals surface area contributed by atoms with Crippen LogP contribution in [0.5, 0.6) is 0 Å². The van der Waals surface area contributed by atoms with E-state index in [9.17, 15) is 4.79 Å². The van der Waals surface area contributed by atoms with E-state index in [-0.39, 0.29) is 0 Å². The van der Waals surface area contributed by atoms with Gasteiger partial charge in [0.2, 0.25) is 0 Å². The highest BCUT2D eigenvalue weighted by Gasteiger charge is 1.94. The molecule has 72 valence electrons. The molecule has 1 heterocycles. The van der Waals surface area contributed by atoms with Crippen LogP contribution in [0.15, 0.2) is 17.5 Å². The number of hydrogen-bond acceptors (Lipinski definition) is 4. The first-order chi connectivity index (χ1) is 6.29. The highest BCUT2D eigenvalue weighted by atomic mass is 32.1. The molecule has 1 aromatic heterocycles. The molecule has 0 aliphatic rings. The molecule has 0 spiro atoms. The minimum atomic E-state index is -0.724. The summed E-state index contributed by atoms with van der Waals surface area (Å²) in [6, 6.07) is 4.05. The van der Waals surface area contributed by atoms with Crippen LogP contribution in [0, 0.1) is 0 Å². The lowest BCUT2D eigenvalue weighted by Gasteiger charge is -2.02. The lowest BCUT2D eigenvalue weighted by Crippen LogP contribution is -2.22. The average molecular weight is 200 g/mol. The zero-order valence-electron chi connectivity index (χ0n) is 7.16. The van der Waals surface area contributed by atoms with Crippen LogP contribution >= 0.6 is 11.3 Å². The predicted molar refractivity (Wildman–Crippen MR) is 51.6 cm³/mol. The molecule has 0 saturated heterocycles. The van der Waals surface area contributed by atoms with Crippen molar-refractivity contribution in [3.8, 4) is 0 Å². The van der Waals surface area contributed by atoms with Gasteiger partial charge in [0.1, 0.15) is 6.61 Å². The van der Waals surface area contributed by atoms with Crippen LogP contribution in [-0.2, 0) is 11.3 Å². The van der Waals surface area contributed by atoms with Gasteiger partial charge >= 0.3 is 6.09 Å². The number of nitrogens with two attached hydrogens (primary N) is 1. The second-order valence-corrected chi connectivity index (χ2v) is 3.46. The highest BCUT2D eigenvalue weighted by molar-refractivity contribution is 7.09. The molecule has 1 amide bonds. The van der Waals surface area contributed by atoms with Crippen molar-refractivity contribution in [1.29, 1.82) is 0 Å². The van der Waals surface area contributed by atoms with Gasteiger partial charge in [-0.05, 0) is 11.4 Å². The van der Waals surface area contributed by atoms with E-state index >= 15 is 0 Å². The Morgan fingerprint density at radius 1 is 1.69 bits per heavy atom. The number of amides is 1. The maximum Gasteiger partial charge on any atom is 0.404 e. The summed E-state index contributed by atoms with van der Waals surface area (Å²) in [5.41, 5.74) is 4.78. The molecule has 0 fully saturated rings. The fraction of sp³-hybridized carbons (Fsp3) is 0.375. The van der Waals surface area contributed by atoms with Crippen LogP contribution in [0.1, 0.15) is 4.88 Å². The van der Waals surface area contributed by atoms with Crippen LogP contribution in [0.2, 0.25) is 0 Å². The maximum atomic E-state index is 10.2. The summed E-state index contributed by atoms with van der Waals surface area (Å²) in [6.07, 6.45) is -0.724. The molecule has 0 radical (unpaired) electrons. The Morgan fingerprint density at radius 2 is 2.54 bits per heavy atom. The van der Waals surface area contributed by atoms with E-state index in [2.05, 4.69) is 10.1 Å². The molecule has 3 N–H and O–H groups in total. The Hall–Kier alpha value is -1.07. The van der Waals surface area contributed by atoms with Gasteiger partial charge in [-0.25, -0.2) is 4.79 Å². The molecular formula is C8H12N2O2S. The Balaban J connectivity index is 1.99. The zero-order valence-corrected chi connectivity index (χ0v) is 7.97. The van der Waals surface area contributed by atoms with Crippen molar-refractivity contribution in [1.82, 2.24) is 5.32 Å². The Labute approximate surface area is 80.7 Å². The van der Waals surface area contributed by atoms with Crippen molar-refractivity contribution in [3.63, 3.8) is 0 Å². The molecule has 0 bridgehead atoms. The molecule has 0 aromatic carbocycles. The second-order valence-electron chi connectivity index (χ2n) is 2.42. The third kappa shape index (κ3) is 4.49. The zero-order chi connectivity index (χ0) is 9.52. The van der Waals surface area contributed by atoms with E-state index in [1.165, 1.54) is 4.88 Å². The van der Waals surface area contributed by atoms with Crippen LogP contribution in [0.4, 0.5) is 4.79 Å². The molecule has 1 aromatic rings. The van der Waals surface area contributed by atoms with Gasteiger partial charge in [-0.15, -0.1) is 11.3 Å². The minimum Gasteiger partial charge on any atom is -0.448 e. The normalized spacial score (nSPS) is 9.85. The smallest absolute Gasteiger partial charge is 0.404 e. The topological polar surface area (TPSA) is 64.4 Å². The standard InChI is InChI=1S/C8H12N2O2S/c9-8(11)12-4-3-10-6-7-2-1-5-13-7/h1-2,5,10H,3-4,6H2,(H2,9,11). The quantitative estimate of drug-likeness (QED) is 0.695. The van der Waals surface area contributed by atoms with Crippen molar-refractivity contribution in [2.24, 2.45) is 5.73 Å². The molecule has 0 unspecified atom stereocenters. The first kappa shape index (κ1) is 10.0. The molecule has 5 heteroatoms. The number of nitrogens with one attached hydrogen (secondary N) is 1. The summed E-state index contributed by atoms with van der Waals surface area (Å²) in [4.78, 5) is 11.4. The first-order valence-electron chi connectivity index (χ1n) is 3.94. The van der Waals surface area contributed by atoms with Crippen LogP contribution in [0.25, 0.3) is 0 Å². The third-order valence-corrected chi connectivity index (χ3v) is 2.28. The molecule has 0 saturated carbocycles. The van der Waals surface area contributed by atoms with Gasteiger partial charge in [-0.3, -0.25) is 0 Å². The SMILES string of the molecule is NC(=O)OCCNCc1cccs1. The molecule has 13 heavy (non-hydrogen) atoms. The van der Waals surface area contributed by atoms with Crippen molar-refractivity contribution < 1.29 is 9.53 Å². The Kier molecular flexibility index (Phi) is 4.28. The highest BCUT2D eigenvalue weighted by Crippen LogP contribution is 2.06. The summed E-state index contributed by atoms with van der Waals surface area (Å²) >= 11 is 1.69. The summed E-state index contributed by atoms with van der Waals surface area (Å²) in [5.74, 6) is 0. The van der Waals surface area contributed by atoms with Gasteiger partial charge in [0.05, 0.1) is 0 Å². The van der Waals surface area contributed by atoms with Crippen molar-refractivity contribution in [3.05, 3.63) is 22.4 Å². The molecule has 0 aliphatic carbocycles. The first-order valence-corrected chi connectivity index (χ1v) is 4.82. The molecule has 1 rings (SSSR count). The van der Waals surface area contributed by atoms with E-state index in [0.717, 1.165) is 6.54 Å². The van der Waals surface area contributed by atoms with Gasteiger partial charge in [-0.1, -0.05) is 6.07 Å². The summed E-state index contributed by atoms with van der Waals surface area (Å²) < 4.78 is 4.54. The van der Waals surface area contributed by atoms with Crippen molar-refractivity contribution >= 4 is 17.4 Å². The van der Waals surface area contributed by atoms with Gasteiger partial charge in [-0.2, -0.15) is 0 Å². The van der Waals surface area contributed by atoms with Crippen LogP contribution in [-0.4, -0.2) is 19.2 Å².